The fourth-order valence-electron chi connectivity index (χ4n) is 1.75. The Kier molecular flexibility index (Phi) is 7.03. The van der Waals surface area contributed by atoms with Crippen LogP contribution in [-0.2, 0) is 10.0 Å². The molecule has 0 spiro atoms. The highest BCUT2D eigenvalue weighted by Crippen LogP contribution is 2.20. The van der Waals surface area contributed by atoms with Gasteiger partial charge in [-0.15, -0.1) is 12.4 Å². The lowest BCUT2D eigenvalue weighted by atomic mass is 9.95. The number of benzene rings is 1. The summed E-state index contributed by atoms with van der Waals surface area (Å²) in [6.07, 6.45) is 0.966. The summed E-state index contributed by atoms with van der Waals surface area (Å²) in [6, 6.07) is 2.17. The molecule has 4 nitrogen and oxygen atoms in total. The van der Waals surface area contributed by atoms with Gasteiger partial charge in [0.05, 0.1) is 4.90 Å². The van der Waals surface area contributed by atoms with Crippen LogP contribution in [0.4, 0.5) is 8.78 Å². The molecule has 0 amide bonds. The Labute approximate surface area is 124 Å². The summed E-state index contributed by atoms with van der Waals surface area (Å²) < 4.78 is 52.9. The normalized spacial score (nSPS) is 12.1. The molecule has 1 aromatic rings. The molecule has 0 aliphatic heterocycles. The van der Waals surface area contributed by atoms with Gasteiger partial charge in [-0.3, -0.25) is 0 Å². The third-order valence-electron chi connectivity index (χ3n) is 3.24. The van der Waals surface area contributed by atoms with Gasteiger partial charge in [-0.1, -0.05) is 13.8 Å². The highest BCUT2D eigenvalue weighted by Gasteiger charge is 2.31. The molecule has 1 aromatic carbocycles. The topological polar surface area (TPSA) is 72.2 Å². The predicted molar refractivity (Wildman–Crippen MR) is 76.3 cm³/mol. The van der Waals surface area contributed by atoms with Crippen molar-refractivity contribution in [1.82, 2.24) is 4.72 Å². The third-order valence-corrected chi connectivity index (χ3v) is 4.80. The van der Waals surface area contributed by atoms with E-state index < -0.39 is 32.1 Å². The lowest BCUT2D eigenvalue weighted by Gasteiger charge is -2.30. The molecular weight excluding hydrogens is 310 g/mol. The Bertz CT molecular complexity index is 520. The average Bonchev–Trinajstić information content (AvgIpc) is 2.35. The number of halogens is 3. The van der Waals surface area contributed by atoms with Gasteiger partial charge in [0.25, 0.3) is 0 Å². The Morgan fingerprint density at radius 3 is 1.95 bits per heavy atom. The molecule has 0 aliphatic carbocycles. The Morgan fingerprint density at radius 1 is 1.15 bits per heavy atom. The Morgan fingerprint density at radius 2 is 1.60 bits per heavy atom. The molecule has 0 saturated heterocycles. The second-order valence-corrected chi connectivity index (χ2v) is 6.08. The second-order valence-electron chi connectivity index (χ2n) is 4.40. The van der Waals surface area contributed by atoms with Gasteiger partial charge >= 0.3 is 0 Å². The van der Waals surface area contributed by atoms with E-state index >= 15 is 0 Å². The van der Waals surface area contributed by atoms with E-state index in [1.54, 1.807) is 13.8 Å². The molecule has 0 aliphatic rings. The van der Waals surface area contributed by atoms with E-state index in [1.807, 2.05) is 0 Å². The highest BCUT2D eigenvalue weighted by molar-refractivity contribution is 7.89. The van der Waals surface area contributed by atoms with Crippen LogP contribution in [0.25, 0.3) is 0 Å². The quantitative estimate of drug-likeness (QED) is 0.840. The Hall–Kier alpha value is -0.760. The predicted octanol–water partition coefficient (Wildman–Crippen LogP) is 2.18. The molecule has 0 radical (unpaired) electrons. The largest absolute Gasteiger partial charge is 0.329 e. The first-order valence-corrected chi connectivity index (χ1v) is 7.47. The van der Waals surface area contributed by atoms with Crippen molar-refractivity contribution < 1.29 is 17.2 Å². The van der Waals surface area contributed by atoms with E-state index in [9.17, 15) is 17.2 Å². The highest BCUT2D eigenvalue weighted by atomic mass is 35.5. The van der Waals surface area contributed by atoms with E-state index in [2.05, 4.69) is 4.72 Å². The molecule has 116 valence electrons. The molecule has 8 heteroatoms. The molecule has 0 unspecified atom stereocenters. The van der Waals surface area contributed by atoms with Crippen LogP contribution in [0.2, 0.25) is 0 Å². The van der Waals surface area contributed by atoms with E-state index in [1.165, 1.54) is 0 Å². The van der Waals surface area contributed by atoms with Gasteiger partial charge in [0.2, 0.25) is 10.0 Å². The number of hydrogen-bond acceptors (Lipinski definition) is 3. The molecule has 3 N–H and O–H groups in total. The fourth-order valence-corrected chi connectivity index (χ4v) is 3.35. The van der Waals surface area contributed by atoms with Crippen LogP contribution in [0.15, 0.2) is 23.1 Å². The number of rotatable bonds is 6. The minimum atomic E-state index is -4.01. The number of nitrogens with one attached hydrogen (secondary N) is 1. The average molecular weight is 329 g/mol. The molecule has 0 heterocycles. The van der Waals surface area contributed by atoms with Gasteiger partial charge in [-0.25, -0.2) is 21.9 Å². The SMILES string of the molecule is CCC(CC)(CN)NS(=O)(=O)c1cc(F)cc(F)c1.Cl. The maximum absolute atomic E-state index is 13.1. The summed E-state index contributed by atoms with van der Waals surface area (Å²) >= 11 is 0. The zero-order valence-corrected chi connectivity index (χ0v) is 13.0. The molecule has 1 rings (SSSR count). The first kappa shape index (κ1) is 19.2. The zero-order chi connectivity index (χ0) is 14.7. The summed E-state index contributed by atoms with van der Waals surface area (Å²) in [5, 5.41) is 0. The van der Waals surface area contributed by atoms with Gasteiger partial charge in [-0.2, -0.15) is 0 Å². The van der Waals surface area contributed by atoms with E-state index in [4.69, 9.17) is 5.73 Å². The summed E-state index contributed by atoms with van der Waals surface area (Å²) in [5.74, 6) is -1.88. The van der Waals surface area contributed by atoms with Crippen molar-refractivity contribution in [3.63, 3.8) is 0 Å². The number of hydrogen-bond donors (Lipinski definition) is 2. The van der Waals surface area contributed by atoms with Crippen LogP contribution in [-0.4, -0.2) is 20.5 Å². The van der Waals surface area contributed by atoms with Crippen LogP contribution < -0.4 is 10.5 Å². The van der Waals surface area contributed by atoms with Gasteiger partial charge in [0.15, 0.2) is 0 Å². The monoisotopic (exact) mass is 328 g/mol. The summed E-state index contributed by atoms with van der Waals surface area (Å²) in [7, 11) is -4.01. The van der Waals surface area contributed by atoms with Gasteiger partial charge < -0.3 is 5.73 Å². The van der Waals surface area contributed by atoms with Crippen LogP contribution in [0.5, 0.6) is 0 Å². The molecular formula is C12H19ClF2N2O2S. The van der Waals surface area contributed by atoms with Crippen molar-refractivity contribution in [2.24, 2.45) is 5.73 Å². The van der Waals surface area contributed by atoms with E-state index in [0.29, 0.717) is 18.9 Å². The summed E-state index contributed by atoms with van der Waals surface area (Å²) in [4.78, 5) is -0.440. The summed E-state index contributed by atoms with van der Waals surface area (Å²) in [5.41, 5.74) is 4.79. The van der Waals surface area contributed by atoms with Crippen molar-refractivity contribution in [3.8, 4) is 0 Å². The smallest absolute Gasteiger partial charge is 0.241 e. The lowest BCUT2D eigenvalue weighted by Crippen LogP contribution is -2.52. The van der Waals surface area contributed by atoms with Crippen LogP contribution in [0, 0.1) is 11.6 Å². The third kappa shape index (κ3) is 4.37. The lowest BCUT2D eigenvalue weighted by molar-refractivity contribution is 0.363. The van der Waals surface area contributed by atoms with E-state index in [-0.39, 0.29) is 19.0 Å². The minimum Gasteiger partial charge on any atom is -0.329 e. The molecule has 0 saturated carbocycles. The first-order chi connectivity index (χ1) is 8.78. The van der Waals surface area contributed by atoms with Crippen molar-refractivity contribution in [2.45, 2.75) is 37.1 Å². The molecule has 0 bridgehead atoms. The van der Waals surface area contributed by atoms with Crippen molar-refractivity contribution in [2.75, 3.05) is 6.54 Å². The van der Waals surface area contributed by atoms with Gasteiger partial charge in [0.1, 0.15) is 11.6 Å². The molecule has 0 atom stereocenters. The van der Waals surface area contributed by atoms with Crippen LogP contribution in [0.1, 0.15) is 26.7 Å². The first-order valence-electron chi connectivity index (χ1n) is 5.98. The van der Waals surface area contributed by atoms with Crippen molar-refractivity contribution >= 4 is 22.4 Å². The van der Waals surface area contributed by atoms with Crippen molar-refractivity contribution in [1.29, 1.82) is 0 Å². The van der Waals surface area contributed by atoms with Crippen LogP contribution >= 0.6 is 12.4 Å². The molecule has 0 fully saturated rings. The van der Waals surface area contributed by atoms with Gasteiger partial charge in [-0.05, 0) is 25.0 Å². The molecule has 20 heavy (non-hydrogen) atoms. The van der Waals surface area contributed by atoms with E-state index in [0.717, 1.165) is 12.1 Å². The standard InChI is InChI=1S/C12H18F2N2O2S.ClH/c1-3-12(4-2,8-15)16-19(17,18)11-6-9(13)5-10(14)7-11;/h5-7,16H,3-4,8,15H2,1-2H3;1H. The second kappa shape index (κ2) is 7.31. The van der Waals surface area contributed by atoms with Crippen LogP contribution in [0.3, 0.4) is 0 Å². The van der Waals surface area contributed by atoms with Gasteiger partial charge in [0, 0.05) is 18.2 Å². The maximum Gasteiger partial charge on any atom is 0.241 e. The number of sulfonamides is 1. The maximum atomic E-state index is 13.1. The van der Waals surface area contributed by atoms with Crippen molar-refractivity contribution in [3.05, 3.63) is 29.8 Å². The summed E-state index contributed by atoms with van der Waals surface area (Å²) in [6.45, 7) is 3.70. The zero-order valence-electron chi connectivity index (χ0n) is 11.3. The Balaban J connectivity index is 0.00000361. The minimum absolute atomic E-state index is 0. The number of nitrogens with two attached hydrogens (primary N) is 1. The molecule has 0 aromatic heterocycles. The fraction of sp³-hybridized carbons (Fsp3) is 0.500.